The van der Waals surface area contributed by atoms with Crippen LogP contribution in [0.4, 0.5) is 0 Å². The molecule has 150 valence electrons. The number of methoxy groups -OCH3 is 1. The Morgan fingerprint density at radius 3 is 2.48 bits per heavy atom. The van der Waals surface area contributed by atoms with Crippen molar-refractivity contribution in [3.8, 4) is 5.75 Å². The van der Waals surface area contributed by atoms with E-state index in [1.54, 1.807) is 31.4 Å². The Morgan fingerprint density at radius 2 is 1.89 bits per heavy atom. The van der Waals surface area contributed by atoms with Gasteiger partial charge in [0.15, 0.2) is 0 Å². The number of likely N-dealkylation sites (tertiary alicyclic amines) is 1. The lowest BCUT2D eigenvalue weighted by molar-refractivity contribution is 0.0872. The standard InChI is InChI=1S/C20H31N3O4/c1-5-26-14-15-27-20(23(3)17-10-12-22(2)13-11-17)21-19(24)16-6-8-18(25-4)9-7-16/h6-9,17H,5,10-15H2,1-4H3. The van der Waals surface area contributed by atoms with E-state index in [1.165, 1.54) is 0 Å². The van der Waals surface area contributed by atoms with Crippen LogP contribution in [0.2, 0.25) is 0 Å². The largest absolute Gasteiger partial charge is 0.497 e. The van der Waals surface area contributed by atoms with Crippen LogP contribution in [0.1, 0.15) is 30.1 Å². The van der Waals surface area contributed by atoms with E-state index in [2.05, 4.69) is 16.9 Å². The maximum atomic E-state index is 12.6. The van der Waals surface area contributed by atoms with Crippen LogP contribution < -0.4 is 4.74 Å². The zero-order valence-electron chi connectivity index (χ0n) is 16.8. The van der Waals surface area contributed by atoms with E-state index in [-0.39, 0.29) is 5.91 Å². The highest BCUT2D eigenvalue weighted by atomic mass is 16.5. The third-order valence-corrected chi connectivity index (χ3v) is 4.73. The number of rotatable bonds is 7. The van der Waals surface area contributed by atoms with E-state index in [0.29, 0.717) is 43.2 Å². The molecule has 0 N–H and O–H groups in total. The minimum Gasteiger partial charge on any atom is -0.497 e. The van der Waals surface area contributed by atoms with Crippen LogP contribution in [0.15, 0.2) is 29.3 Å². The molecule has 1 aromatic carbocycles. The Kier molecular flexibility index (Phi) is 8.54. The molecule has 0 aliphatic carbocycles. The lowest BCUT2D eigenvalue weighted by Gasteiger charge is -2.36. The number of hydrogen-bond acceptors (Lipinski definition) is 5. The smallest absolute Gasteiger partial charge is 0.295 e. The molecule has 1 heterocycles. The summed E-state index contributed by atoms with van der Waals surface area (Å²) in [7, 11) is 5.66. The molecule has 1 amide bonds. The van der Waals surface area contributed by atoms with Gasteiger partial charge in [-0.05, 0) is 64.2 Å². The van der Waals surface area contributed by atoms with Crippen LogP contribution in [0, 0.1) is 0 Å². The normalized spacial score (nSPS) is 16.2. The zero-order valence-corrected chi connectivity index (χ0v) is 16.8. The number of carbonyl (C=O) groups excluding carboxylic acids is 1. The quantitative estimate of drug-likeness (QED) is 0.413. The minimum atomic E-state index is -0.330. The van der Waals surface area contributed by atoms with Gasteiger partial charge in [-0.25, -0.2) is 0 Å². The molecule has 7 nitrogen and oxygen atoms in total. The van der Waals surface area contributed by atoms with Crippen molar-refractivity contribution < 1.29 is 19.0 Å². The fourth-order valence-electron chi connectivity index (χ4n) is 2.97. The lowest BCUT2D eigenvalue weighted by atomic mass is 10.0. The molecule has 1 aromatic rings. The molecule has 27 heavy (non-hydrogen) atoms. The van der Waals surface area contributed by atoms with Crippen molar-refractivity contribution in [2.45, 2.75) is 25.8 Å². The van der Waals surface area contributed by atoms with Crippen molar-refractivity contribution in [1.82, 2.24) is 9.80 Å². The molecule has 0 aromatic heterocycles. The number of hydrogen-bond donors (Lipinski definition) is 0. The number of ether oxygens (including phenoxy) is 3. The molecule has 0 bridgehead atoms. The Morgan fingerprint density at radius 1 is 1.22 bits per heavy atom. The van der Waals surface area contributed by atoms with Crippen molar-refractivity contribution in [1.29, 1.82) is 0 Å². The van der Waals surface area contributed by atoms with Crippen molar-refractivity contribution >= 4 is 11.9 Å². The predicted molar refractivity (Wildman–Crippen MR) is 105 cm³/mol. The molecule has 1 aliphatic rings. The highest BCUT2D eigenvalue weighted by Crippen LogP contribution is 2.16. The number of nitrogens with zero attached hydrogens (tertiary/aromatic N) is 3. The summed E-state index contributed by atoms with van der Waals surface area (Å²) in [6, 6.07) is 7.56. The second-order valence-corrected chi connectivity index (χ2v) is 6.62. The van der Waals surface area contributed by atoms with Gasteiger partial charge in [-0.15, -0.1) is 0 Å². The topological polar surface area (TPSA) is 63.6 Å². The van der Waals surface area contributed by atoms with Crippen molar-refractivity contribution in [3.05, 3.63) is 29.8 Å². The second-order valence-electron chi connectivity index (χ2n) is 6.62. The Bertz CT molecular complexity index is 610. The number of piperidine rings is 1. The van der Waals surface area contributed by atoms with Crippen LogP contribution >= 0.6 is 0 Å². The summed E-state index contributed by atoms with van der Waals surface area (Å²) in [6.45, 7) is 5.44. The van der Waals surface area contributed by atoms with Crippen LogP contribution in [0.25, 0.3) is 0 Å². The monoisotopic (exact) mass is 377 g/mol. The number of carbonyl (C=O) groups is 1. The van der Waals surface area contributed by atoms with Crippen molar-refractivity contribution in [2.24, 2.45) is 4.99 Å². The number of benzene rings is 1. The van der Waals surface area contributed by atoms with Gasteiger partial charge in [0.25, 0.3) is 11.9 Å². The third-order valence-electron chi connectivity index (χ3n) is 4.73. The molecular formula is C20H31N3O4. The molecule has 0 spiro atoms. The number of amides is 1. The first-order valence-electron chi connectivity index (χ1n) is 9.44. The van der Waals surface area contributed by atoms with Crippen LogP contribution in [0.3, 0.4) is 0 Å². The Balaban J connectivity index is 2.11. The van der Waals surface area contributed by atoms with Gasteiger partial charge in [0, 0.05) is 25.3 Å². The molecule has 0 saturated carbocycles. The summed E-state index contributed by atoms with van der Waals surface area (Å²) in [5, 5.41) is 0. The van der Waals surface area contributed by atoms with E-state index >= 15 is 0 Å². The molecule has 2 rings (SSSR count). The lowest BCUT2D eigenvalue weighted by Crippen LogP contribution is -2.45. The molecule has 0 atom stereocenters. The first-order valence-corrected chi connectivity index (χ1v) is 9.44. The second kappa shape index (κ2) is 10.9. The predicted octanol–water partition coefficient (Wildman–Crippen LogP) is 2.27. The van der Waals surface area contributed by atoms with Gasteiger partial charge in [-0.2, -0.15) is 4.99 Å². The van der Waals surface area contributed by atoms with Gasteiger partial charge in [0.2, 0.25) is 0 Å². The van der Waals surface area contributed by atoms with Gasteiger partial charge in [-0.1, -0.05) is 0 Å². The fourth-order valence-corrected chi connectivity index (χ4v) is 2.97. The molecule has 0 radical (unpaired) electrons. The molecule has 0 unspecified atom stereocenters. The van der Waals surface area contributed by atoms with E-state index in [9.17, 15) is 4.79 Å². The summed E-state index contributed by atoms with van der Waals surface area (Å²) < 4.78 is 16.3. The summed E-state index contributed by atoms with van der Waals surface area (Å²) in [4.78, 5) is 21.2. The van der Waals surface area contributed by atoms with E-state index in [4.69, 9.17) is 14.2 Å². The molecular weight excluding hydrogens is 346 g/mol. The van der Waals surface area contributed by atoms with Crippen LogP contribution in [-0.2, 0) is 9.47 Å². The maximum Gasteiger partial charge on any atom is 0.295 e. The van der Waals surface area contributed by atoms with Crippen LogP contribution in [-0.4, -0.2) is 81.9 Å². The molecule has 1 aliphatic heterocycles. The van der Waals surface area contributed by atoms with Crippen LogP contribution in [0.5, 0.6) is 5.75 Å². The highest BCUT2D eigenvalue weighted by Gasteiger charge is 2.24. The summed E-state index contributed by atoms with van der Waals surface area (Å²) in [6.07, 6.45) is 2.02. The summed E-state index contributed by atoms with van der Waals surface area (Å²) >= 11 is 0. The summed E-state index contributed by atoms with van der Waals surface area (Å²) in [5.74, 6) is 0.371. The van der Waals surface area contributed by atoms with Gasteiger partial charge in [0.05, 0.1) is 13.7 Å². The first-order chi connectivity index (χ1) is 13.0. The van der Waals surface area contributed by atoms with Gasteiger partial charge < -0.3 is 24.0 Å². The third kappa shape index (κ3) is 6.52. The van der Waals surface area contributed by atoms with Gasteiger partial charge in [0.1, 0.15) is 12.4 Å². The molecule has 1 fully saturated rings. The SMILES string of the molecule is CCOCCOC(=NC(=O)c1ccc(OC)cc1)N(C)C1CCN(C)CC1. The van der Waals surface area contributed by atoms with E-state index in [1.807, 2.05) is 18.9 Å². The van der Waals surface area contributed by atoms with Gasteiger partial charge in [-0.3, -0.25) is 4.79 Å². The Hall–Kier alpha value is -2.12. The highest BCUT2D eigenvalue weighted by molar-refractivity contribution is 6.01. The Labute approximate surface area is 161 Å². The molecule has 1 saturated heterocycles. The maximum absolute atomic E-state index is 12.6. The fraction of sp³-hybridized carbons (Fsp3) is 0.600. The summed E-state index contributed by atoms with van der Waals surface area (Å²) in [5.41, 5.74) is 0.499. The van der Waals surface area contributed by atoms with E-state index < -0.39 is 0 Å². The van der Waals surface area contributed by atoms with E-state index in [0.717, 1.165) is 25.9 Å². The molecule has 7 heteroatoms. The van der Waals surface area contributed by atoms with Crippen molar-refractivity contribution in [3.63, 3.8) is 0 Å². The minimum absolute atomic E-state index is 0.302. The first kappa shape index (κ1) is 21.2. The number of aliphatic imine (C=N–C) groups is 1. The zero-order chi connectivity index (χ0) is 19.6. The van der Waals surface area contributed by atoms with Gasteiger partial charge >= 0.3 is 0 Å². The number of amidine groups is 1. The van der Waals surface area contributed by atoms with Crippen molar-refractivity contribution in [2.75, 3.05) is 54.1 Å². The average Bonchev–Trinajstić information content (AvgIpc) is 2.70. The average molecular weight is 377 g/mol.